The summed E-state index contributed by atoms with van der Waals surface area (Å²) in [6.07, 6.45) is 4.47. The van der Waals surface area contributed by atoms with E-state index in [0.717, 1.165) is 19.3 Å². The molecule has 0 aromatic carbocycles. The van der Waals surface area contributed by atoms with Crippen LogP contribution in [0.2, 0.25) is 0 Å². The topological polar surface area (TPSA) is 159 Å². The summed E-state index contributed by atoms with van der Waals surface area (Å²) in [5.74, 6) is -3.00. The number of aliphatic hydroxyl groups excluding tert-OH is 2. The third kappa shape index (κ3) is 8.71. The van der Waals surface area contributed by atoms with Gasteiger partial charge < -0.3 is 31.4 Å². The van der Waals surface area contributed by atoms with Gasteiger partial charge in [0, 0.05) is 0 Å². The van der Waals surface area contributed by atoms with Gasteiger partial charge in [-0.05, 0) is 6.42 Å². The van der Waals surface area contributed by atoms with Crippen LogP contribution >= 0.6 is 0 Å². The highest BCUT2D eigenvalue weighted by atomic mass is 16.3. The molecule has 0 saturated heterocycles. The molecule has 0 saturated carbocycles. The second-order valence-electron chi connectivity index (χ2n) is 5.74. The van der Waals surface area contributed by atoms with E-state index in [1.165, 1.54) is 0 Å². The molecule has 25 heavy (non-hydrogen) atoms. The molecule has 9 heteroatoms. The lowest BCUT2D eigenvalue weighted by Crippen LogP contribution is -2.55. The number of unbranched alkanes of at least 4 members (excludes halogenated alkanes) is 3. The van der Waals surface area contributed by atoms with Crippen molar-refractivity contribution in [2.45, 2.75) is 51.1 Å². The molecule has 0 rings (SSSR count). The Balaban J connectivity index is 4.75. The van der Waals surface area contributed by atoms with Gasteiger partial charge in [0.2, 0.25) is 11.8 Å². The van der Waals surface area contributed by atoms with Gasteiger partial charge in [-0.1, -0.05) is 32.6 Å². The van der Waals surface area contributed by atoms with Gasteiger partial charge in [0.1, 0.15) is 18.4 Å². The Morgan fingerprint density at radius 2 is 1.68 bits per heavy atom. The summed E-state index contributed by atoms with van der Waals surface area (Å²) in [5.41, 5.74) is 5.12. The van der Waals surface area contributed by atoms with Crippen LogP contribution in [0.3, 0.4) is 0 Å². The molecular formula is C16H29N3O6. The first kappa shape index (κ1) is 23.2. The van der Waals surface area contributed by atoms with E-state index in [1.807, 2.05) is 6.92 Å². The predicted molar refractivity (Wildman–Crippen MR) is 90.4 cm³/mol. The normalized spacial score (nSPS) is 14.2. The van der Waals surface area contributed by atoms with Crippen LogP contribution in [0.25, 0.3) is 0 Å². The number of hydrogen-bond donors (Lipinski definition) is 5. The van der Waals surface area contributed by atoms with E-state index in [4.69, 9.17) is 10.8 Å². The molecule has 9 nitrogen and oxygen atoms in total. The Hall–Kier alpha value is -1.84. The standard InChI is InChI=1S/C16H29N3O6/c1-2-3-4-5-6-11(8-20)15(24)12(9-21)19-16(25)13(10-22)18-14(23)7-17/h8,11-13,21-22H,2-7,9-10,17H2,1H3,(H,18,23)(H,19,25)/t11?,12-,13-/m0/s1. The van der Waals surface area contributed by atoms with Crippen LogP contribution in [0.5, 0.6) is 0 Å². The van der Waals surface area contributed by atoms with Crippen LogP contribution < -0.4 is 16.4 Å². The molecule has 0 aromatic rings. The van der Waals surface area contributed by atoms with Crippen molar-refractivity contribution in [3.8, 4) is 0 Å². The van der Waals surface area contributed by atoms with Crippen molar-refractivity contribution in [2.75, 3.05) is 19.8 Å². The van der Waals surface area contributed by atoms with Gasteiger partial charge >= 0.3 is 0 Å². The van der Waals surface area contributed by atoms with Crippen LogP contribution in [0.15, 0.2) is 0 Å². The number of ketones is 1. The first-order valence-electron chi connectivity index (χ1n) is 8.45. The summed E-state index contributed by atoms with van der Waals surface area (Å²) < 4.78 is 0. The quantitative estimate of drug-likeness (QED) is 0.140. The Labute approximate surface area is 147 Å². The highest BCUT2D eigenvalue weighted by molar-refractivity contribution is 5.99. The van der Waals surface area contributed by atoms with Crippen LogP contribution in [0, 0.1) is 5.92 Å². The van der Waals surface area contributed by atoms with Crippen LogP contribution in [0.1, 0.15) is 39.0 Å². The zero-order valence-corrected chi connectivity index (χ0v) is 14.6. The molecule has 0 aliphatic heterocycles. The fraction of sp³-hybridized carbons (Fsp3) is 0.750. The van der Waals surface area contributed by atoms with Crippen molar-refractivity contribution in [3.05, 3.63) is 0 Å². The molecule has 0 radical (unpaired) electrons. The Morgan fingerprint density at radius 1 is 1.04 bits per heavy atom. The Morgan fingerprint density at radius 3 is 2.16 bits per heavy atom. The number of nitrogens with two attached hydrogens (primary N) is 1. The number of carbonyl (C=O) groups is 4. The molecule has 0 aliphatic rings. The van der Waals surface area contributed by atoms with Gasteiger partial charge in [-0.3, -0.25) is 14.4 Å². The van der Waals surface area contributed by atoms with Crippen molar-refractivity contribution < 1.29 is 29.4 Å². The maximum absolute atomic E-state index is 12.3. The second kappa shape index (κ2) is 13.5. The van der Waals surface area contributed by atoms with E-state index in [-0.39, 0.29) is 6.54 Å². The molecule has 0 fully saturated rings. The zero-order chi connectivity index (χ0) is 19.2. The molecule has 1 unspecified atom stereocenters. The molecule has 0 heterocycles. The molecule has 0 aromatic heterocycles. The number of aldehydes is 1. The number of Topliss-reactive ketones (excluding diaryl/α,β-unsaturated/α-hetero) is 1. The van der Waals surface area contributed by atoms with E-state index in [2.05, 4.69) is 10.6 Å². The summed E-state index contributed by atoms with van der Waals surface area (Å²) in [5, 5.41) is 23.0. The van der Waals surface area contributed by atoms with Crippen molar-refractivity contribution in [3.63, 3.8) is 0 Å². The smallest absolute Gasteiger partial charge is 0.245 e. The minimum atomic E-state index is -1.29. The van der Waals surface area contributed by atoms with Gasteiger partial charge in [-0.25, -0.2) is 0 Å². The molecule has 2 amide bonds. The third-order valence-corrected chi connectivity index (χ3v) is 3.76. The van der Waals surface area contributed by atoms with E-state index in [0.29, 0.717) is 19.1 Å². The average molecular weight is 359 g/mol. The lowest BCUT2D eigenvalue weighted by molar-refractivity contribution is -0.135. The van der Waals surface area contributed by atoms with Gasteiger partial charge in [-0.15, -0.1) is 0 Å². The molecule has 6 N–H and O–H groups in total. The summed E-state index contributed by atoms with van der Waals surface area (Å²) in [6, 6.07) is -2.57. The zero-order valence-electron chi connectivity index (χ0n) is 14.6. The van der Waals surface area contributed by atoms with Gasteiger partial charge in [-0.2, -0.15) is 0 Å². The first-order valence-corrected chi connectivity index (χ1v) is 8.45. The molecule has 0 aliphatic carbocycles. The van der Waals surface area contributed by atoms with Gasteiger partial charge in [0.15, 0.2) is 5.78 Å². The number of rotatable bonds is 14. The number of amides is 2. The summed E-state index contributed by atoms with van der Waals surface area (Å²) in [7, 11) is 0. The lowest BCUT2D eigenvalue weighted by atomic mass is 9.93. The van der Waals surface area contributed by atoms with Gasteiger partial charge in [0.25, 0.3) is 0 Å². The summed E-state index contributed by atoms with van der Waals surface area (Å²) >= 11 is 0. The lowest BCUT2D eigenvalue weighted by Gasteiger charge is -2.22. The van der Waals surface area contributed by atoms with Gasteiger partial charge in [0.05, 0.1) is 25.7 Å². The van der Waals surface area contributed by atoms with Crippen molar-refractivity contribution in [1.82, 2.24) is 10.6 Å². The largest absolute Gasteiger partial charge is 0.394 e. The van der Waals surface area contributed by atoms with E-state index >= 15 is 0 Å². The molecular weight excluding hydrogens is 330 g/mol. The number of nitrogens with one attached hydrogen (secondary N) is 2. The Kier molecular flexibility index (Phi) is 12.5. The third-order valence-electron chi connectivity index (χ3n) is 3.76. The Bertz CT molecular complexity index is 444. The predicted octanol–water partition coefficient (Wildman–Crippen LogP) is -1.75. The summed E-state index contributed by atoms with van der Waals surface area (Å²) in [6.45, 7) is 0.294. The minimum absolute atomic E-state index is 0.349. The molecule has 0 spiro atoms. The summed E-state index contributed by atoms with van der Waals surface area (Å²) in [4.78, 5) is 46.7. The maximum Gasteiger partial charge on any atom is 0.245 e. The molecule has 3 atom stereocenters. The molecule has 144 valence electrons. The fourth-order valence-electron chi connectivity index (χ4n) is 2.25. The number of aliphatic hydroxyl groups is 2. The van der Waals surface area contributed by atoms with Crippen molar-refractivity contribution >= 4 is 23.9 Å². The molecule has 0 bridgehead atoms. The van der Waals surface area contributed by atoms with Crippen LogP contribution in [-0.2, 0) is 19.2 Å². The first-order chi connectivity index (χ1) is 11.9. The minimum Gasteiger partial charge on any atom is -0.394 e. The SMILES string of the molecule is CCCCCCC(C=O)C(=O)[C@H](CO)NC(=O)[C@H](CO)NC(=O)CN. The number of hydrogen-bond acceptors (Lipinski definition) is 7. The number of carbonyl (C=O) groups excluding carboxylic acids is 4. The highest BCUT2D eigenvalue weighted by Gasteiger charge is 2.29. The average Bonchev–Trinajstić information content (AvgIpc) is 2.63. The van der Waals surface area contributed by atoms with E-state index < -0.39 is 48.8 Å². The van der Waals surface area contributed by atoms with E-state index in [1.54, 1.807) is 0 Å². The maximum atomic E-state index is 12.3. The van der Waals surface area contributed by atoms with E-state index in [9.17, 15) is 24.3 Å². The monoisotopic (exact) mass is 359 g/mol. The van der Waals surface area contributed by atoms with Crippen LogP contribution in [-0.4, -0.2) is 65.9 Å². The van der Waals surface area contributed by atoms with Crippen molar-refractivity contribution in [2.24, 2.45) is 11.7 Å². The van der Waals surface area contributed by atoms with Crippen molar-refractivity contribution in [1.29, 1.82) is 0 Å². The van der Waals surface area contributed by atoms with Crippen LogP contribution in [0.4, 0.5) is 0 Å². The second-order valence-corrected chi connectivity index (χ2v) is 5.74. The highest BCUT2D eigenvalue weighted by Crippen LogP contribution is 2.12. The fourth-order valence-corrected chi connectivity index (χ4v) is 2.25.